The van der Waals surface area contributed by atoms with E-state index in [0.717, 1.165) is 25.1 Å². The van der Waals surface area contributed by atoms with Crippen molar-refractivity contribution in [3.05, 3.63) is 29.8 Å². The predicted octanol–water partition coefficient (Wildman–Crippen LogP) is 3.80. The molecule has 1 saturated heterocycles. The molecule has 0 radical (unpaired) electrons. The van der Waals surface area contributed by atoms with E-state index >= 15 is 0 Å². The van der Waals surface area contributed by atoms with Crippen molar-refractivity contribution < 1.29 is 9.53 Å². The fourth-order valence-corrected chi connectivity index (χ4v) is 3.57. The van der Waals surface area contributed by atoms with Crippen LogP contribution in [0, 0.1) is 12.8 Å². The Labute approximate surface area is 132 Å². The van der Waals surface area contributed by atoms with Crippen molar-refractivity contribution in [3.63, 3.8) is 0 Å². The Balaban J connectivity index is 1.66. The standard InChI is InChI=1S/C18H26N2O2/c1-12-5-7-14(8-6-12)19-15-9-13-10-16(15)20(11-13)17(21)22-18(2,3)4/h5-8,13,15-16,19H,9-11H2,1-4H3. The summed E-state index contributed by atoms with van der Waals surface area (Å²) in [5, 5.41) is 3.60. The summed E-state index contributed by atoms with van der Waals surface area (Å²) >= 11 is 0. The molecular formula is C18H26N2O2. The number of amides is 1. The first-order valence-electron chi connectivity index (χ1n) is 8.15. The number of aryl methyl sites for hydroxylation is 1. The second kappa shape index (κ2) is 5.49. The summed E-state index contributed by atoms with van der Waals surface area (Å²) in [5.74, 6) is 0.598. The van der Waals surface area contributed by atoms with E-state index in [-0.39, 0.29) is 12.1 Å². The van der Waals surface area contributed by atoms with E-state index in [4.69, 9.17) is 4.74 Å². The molecule has 0 aromatic heterocycles. The highest BCUT2D eigenvalue weighted by molar-refractivity contribution is 5.69. The van der Waals surface area contributed by atoms with E-state index in [1.165, 1.54) is 5.56 Å². The lowest BCUT2D eigenvalue weighted by Gasteiger charge is -2.35. The second-order valence-electron chi connectivity index (χ2n) is 7.65. The topological polar surface area (TPSA) is 41.6 Å². The smallest absolute Gasteiger partial charge is 0.410 e. The summed E-state index contributed by atoms with van der Waals surface area (Å²) in [6, 6.07) is 9.02. The van der Waals surface area contributed by atoms with Crippen molar-refractivity contribution in [1.29, 1.82) is 0 Å². The molecule has 1 heterocycles. The third-order valence-electron chi connectivity index (χ3n) is 4.51. The lowest BCUT2D eigenvalue weighted by Crippen LogP contribution is -2.49. The van der Waals surface area contributed by atoms with Crippen molar-refractivity contribution in [2.45, 2.75) is 58.2 Å². The van der Waals surface area contributed by atoms with Crippen molar-refractivity contribution >= 4 is 11.8 Å². The number of anilines is 1. The summed E-state index contributed by atoms with van der Waals surface area (Å²) in [6.07, 6.45) is 2.05. The van der Waals surface area contributed by atoms with Crippen molar-refractivity contribution in [2.24, 2.45) is 5.92 Å². The van der Waals surface area contributed by atoms with Crippen LogP contribution in [-0.2, 0) is 4.74 Å². The molecule has 1 aliphatic carbocycles. The summed E-state index contributed by atoms with van der Waals surface area (Å²) in [6.45, 7) is 8.68. The van der Waals surface area contributed by atoms with Gasteiger partial charge in [-0.05, 0) is 58.6 Å². The lowest BCUT2D eigenvalue weighted by molar-refractivity contribution is 0.0180. The molecule has 3 rings (SSSR count). The molecular weight excluding hydrogens is 276 g/mol. The molecule has 3 unspecified atom stereocenters. The molecule has 1 N–H and O–H groups in total. The predicted molar refractivity (Wildman–Crippen MR) is 88.0 cm³/mol. The number of carbonyl (C=O) groups is 1. The minimum Gasteiger partial charge on any atom is -0.444 e. The molecule has 120 valence electrons. The number of nitrogens with zero attached hydrogens (tertiary/aromatic N) is 1. The molecule has 1 aliphatic heterocycles. The van der Waals surface area contributed by atoms with Gasteiger partial charge in [-0.1, -0.05) is 17.7 Å². The molecule has 4 nitrogen and oxygen atoms in total. The Morgan fingerprint density at radius 1 is 1.23 bits per heavy atom. The van der Waals surface area contributed by atoms with E-state index < -0.39 is 5.60 Å². The zero-order chi connectivity index (χ0) is 15.9. The summed E-state index contributed by atoms with van der Waals surface area (Å²) in [7, 11) is 0. The van der Waals surface area contributed by atoms with Gasteiger partial charge in [0.2, 0.25) is 0 Å². The second-order valence-corrected chi connectivity index (χ2v) is 7.65. The van der Waals surface area contributed by atoms with Gasteiger partial charge in [0.05, 0.1) is 6.04 Å². The number of nitrogens with one attached hydrogen (secondary N) is 1. The van der Waals surface area contributed by atoms with Gasteiger partial charge in [0, 0.05) is 18.3 Å². The molecule has 2 bridgehead atoms. The first kappa shape index (κ1) is 15.2. The molecule has 1 aromatic rings. The van der Waals surface area contributed by atoms with Crippen LogP contribution >= 0.6 is 0 Å². The first-order chi connectivity index (χ1) is 10.3. The monoisotopic (exact) mass is 302 g/mol. The van der Waals surface area contributed by atoms with Crippen LogP contribution in [0.15, 0.2) is 24.3 Å². The molecule has 1 aromatic carbocycles. The Morgan fingerprint density at radius 2 is 1.91 bits per heavy atom. The van der Waals surface area contributed by atoms with Gasteiger partial charge in [-0.25, -0.2) is 4.79 Å². The maximum absolute atomic E-state index is 12.4. The normalized spacial score (nSPS) is 27.1. The Bertz CT molecular complexity index is 547. The van der Waals surface area contributed by atoms with E-state index in [0.29, 0.717) is 12.0 Å². The quantitative estimate of drug-likeness (QED) is 0.903. The molecule has 3 atom stereocenters. The van der Waals surface area contributed by atoms with Gasteiger partial charge in [0.15, 0.2) is 0 Å². The number of fused-ring (bicyclic) bond motifs is 2. The summed E-state index contributed by atoms with van der Waals surface area (Å²) < 4.78 is 5.55. The third kappa shape index (κ3) is 3.21. The Kier molecular flexibility index (Phi) is 3.79. The molecule has 0 spiro atoms. The molecule has 2 aliphatic rings. The van der Waals surface area contributed by atoms with Gasteiger partial charge in [-0.2, -0.15) is 0 Å². The minimum absolute atomic E-state index is 0.171. The van der Waals surface area contributed by atoms with Gasteiger partial charge < -0.3 is 15.0 Å². The number of hydrogen-bond acceptors (Lipinski definition) is 3. The molecule has 4 heteroatoms. The van der Waals surface area contributed by atoms with Crippen molar-refractivity contribution in [2.75, 3.05) is 11.9 Å². The van der Waals surface area contributed by atoms with Crippen LogP contribution in [0.1, 0.15) is 39.2 Å². The summed E-state index contributed by atoms with van der Waals surface area (Å²) in [4.78, 5) is 14.3. The highest BCUT2D eigenvalue weighted by Crippen LogP contribution is 2.39. The van der Waals surface area contributed by atoms with Crippen LogP contribution < -0.4 is 5.32 Å². The lowest BCUT2D eigenvalue weighted by atomic mass is 10.1. The SMILES string of the molecule is Cc1ccc(NC2CC3CC2N(C(=O)OC(C)(C)C)C3)cc1. The Morgan fingerprint density at radius 3 is 2.50 bits per heavy atom. The van der Waals surface area contributed by atoms with E-state index in [9.17, 15) is 4.79 Å². The number of rotatable bonds is 2. The number of piperidine rings is 1. The average molecular weight is 302 g/mol. The zero-order valence-corrected chi connectivity index (χ0v) is 13.9. The number of benzene rings is 1. The first-order valence-corrected chi connectivity index (χ1v) is 8.15. The maximum atomic E-state index is 12.4. The zero-order valence-electron chi connectivity index (χ0n) is 13.9. The van der Waals surface area contributed by atoms with Gasteiger partial charge in [0.25, 0.3) is 0 Å². The molecule has 1 amide bonds. The minimum atomic E-state index is -0.432. The molecule has 1 saturated carbocycles. The van der Waals surface area contributed by atoms with Gasteiger partial charge in [-0.3, -0.25) is 0 Å². The van der Waals surface area contributed by atoms with Crippen LogP contribution in [0.4, 0.5) is 10.5 Å². The van der Waals surface area contributed by atoms with E-state index in [2.05, 4.69) is 36.5 Å². The fraction of sp³-hybridized carbons (Fsp3) is 0.611. The van der Waals surface area contributed by atoms with E-state index in [1.54, 1.807) is 0 Å². The van der Waals surface area contributed by atoms with Crippen molar-refractivity contribution in [1.82, 2.24) is 4.90 Å². The van der Waals surface area contributed by atoms with Crippen LogP contribution in [0.2, 0.25) is 0 Å². The Hall–Kier alpha value is -1.71. The fourth-order valence-electron chi connectivity index (χ4n) is 3.57. The number of ether oxygens (including phenoxy) is 1. The number of hydrogen-bond donors (Lipinski definition) is 1. The third-order valence-corrected chi connectivity index (χ3v) is 4.51. The number of likely N-dealkylation sites (tertiary alicyclic amines) is 1. The van der Waals surface area contributed by atoms with Crippen molar-refractivity contribution in [3.8, 4) is 0 Å². The van der Waals surface area contributed by atoms with Crippen LogP contribution in [0.25, 0.3) is 0 Å². The van der Waals surface area contributed by atoms with Gasteiger partial charge in [0.1, 0.15) is 5.60 Å². The van der Waals surface area contributed by atoms with Gasteiger partial charge in [-0.15, -0.1) is 0 Å². The van der Waals surface area contributed by atoms with E-state index in [1.807, 2.05) is 25.7 Å². The van der Waals surface area contributed by atoms with Gasteiger partial charge >= 0.3 is 6.09 Å². The molecule has 2 fully saturated rings. The largest absolute Gasteiger partial charge is 0.444 e. The molecule has 22 heavy (non-hydrogen) atoms. The maximum Gasteiger partial charge on any atom is 0.410 e. The summed E-state index contributed by atoms with van der Waals surface area (Å²) in [5.41, 5.74) is 1.96. The number of carbonyl (C=O) groups excluding carboxylic acids is 1. The highest BCUT2D eigenvalue weighted by atomic mass is 16.6. The van der Waals surface area contributed by atoms with Crippen LogP contribution in [0.3, 0.4) is 0 Å². The average Bonchev–Trinajstić information content (AvgIpc) is 2.99. The highest BCUT2D eigenvalue weighted by Gasteiger charge is 2.48. The van der Waals surface area contributed by atoms with Crippen LogP contribution in [0.5, 0.6) is 0 Å². The van der Waals surface area contributed by atoms with Crippen LogP contribution in [-0.4, -0.2) is 35.2 Å².